The zero-order valence-electron chi connectivity index (χ0n) is 18.7. The molecule has 3 heterocycles. The maximum absolute atomic E-state index is 13.0. The SMILES string of the molecule is CC(C)Cn1c(O)c(C(=O)NC2CC2)c(=O)n2ncc(/C=C/C(=O)N3CCN(C)CC3)c12. The van der Waals surface area contributed by atoms with Gasteiger partial charge in [0.25, 0.3) is 11.5 Å². The van der Waals surface area contributed by atoms with Gasteiger partial charge in [-0.05, 0) is 31.9 Å². The molecule has 0 bridgehead atoms. The fourth-order valence-corrected chi connectivity index (χ4v) is 3.84. The molecule has 2 fully saturated rings. The third-order valence-corrected chi connectivity index (χ3v) is 5.82. The first-order valence-electron chi connectivity index (χ1n) is 11.1. The number of piperazine rings is 1. The molecule has 1 saturated heterocycles. The van der Waals surface area contributed by atoms with Gasteiger partial charge in [0.05, 0.1) is 6.20 Å². The van der Waals surface area contributed by atoms with Gasteiger partial charge in [-0.25, -0.2) is 0 Å². The Hall–Kier alpha value is -3.14. The van der Waals surface area contributed by atoms with Crippen molar-refractivity contribution in [2.45, 2.75) is 39.3 Å². The van der Waals surface area contributed by atoms with E-state index in [0.29, 0.717) is 30.8 Å². The van der Waals surface area contributed by atoms with Crippen molar-refractivity contribution in [3.05, 3.63) is 33.8 Å². The maximum atomic E-state index is 13.0. The van der Waals surface area contributed by atoms with Crippen LogP contribution >= 0.6 is 0 Å². The summed E-state index contributed by atoms with van der Waals surface area (Å²) >= 11 is 0. The average Bonchev–Trinajstić information content (AvgIpc) is 3.45. The van der Waals surface area contributed by atoms with E-state index in [1.165, 1.54) is 16.8 Å². The molecule has 10 heteroatoms. The number of aromatic nitrogens is 3. The van der Waals surface area contributed by atoms with Crippen LogP contribution in [0, 0.1) is 5.92 Å². The fraction of sp³-hybridized carbons (Fsp3) is 0.545. The van der Waals surface area contributed by atoms with Crippen LogP contribution in [-0.4, -0.2) is 80.2 Å². The Morgan fingerprint density at radius 3 is 2.56 bits per heavy atom. The Balaban J connectivity index is 1.72. The molecule has 172 valence electrons. The van der Waals surface area contributed by atoms with Crippen LogP contribution in [-0.2, 0) is 11.3 Å². The second-order valence-electron chi connectivity index (χ2n) is 9.05. The number of nitrogens with one attached hydrogen (secondary N) is 1. The minimum absolute atomic E-state index is 0.0484. The Labute approximate surface area is 186 Å². The van der Waals surface area contributed by atoms with E-state index in [1.54, 1.807) is 11.0 Å². The van der Waals surface area contributed by atoms with E-state index in [9.17, 15) is 19.5 Å². The molecule has 10 nitrogen and oxygen atoms in total. The fourth-order valence-electron chi connectivity index (χ4n) is 3.84. The summed E-state index contributed by atoms with van der Waals surface area (Å²) in [7, 11) is 2.02. The molecule has 1 aliphatic heterocycles. The third kappa shape index (κ3) is 4.40. The lowest BCUT2D eigenvalue weighted by atomic mass is 10.2. The first-order chi connectivity index (χ1) is 15.3. The molecular weight excluding hydrogens is 412 g/mol. The second kappa shape index (κ2) is 8.78. The molecular formula is C22H30N6O4. The van der Waals surface area contributed by atoms with Crippen LogP contribution in [0.15, 0.2) is 17.1 Å². The third-order valence-electron chi connectivity index (χ3n) is 5.82. The van der Waals surface area contributed by atoms with Crippen LogP contribution in [0.25, 0.3) is 11.7 Å². The van der Waals surface area contributed by atoms with Crippen molar-refractivity contribution < 1.29 is 14.7 Å². The number of carbonyl (C=O) groups excluding carboxylic acids is 2. The van der Waals surface area contributed by atoms with Crippen molar-refractivity contribution in [3.63, 3.8) is 0 Å². The molecule has 1 aliphatic carbocycles. The number of likely N-dealkylation sites (N-methyl/N-ethyl adjacent to an activating group) is 1. The van der Waals surface area contributed by atoms with Gasteiger partial charge >= 0.3 is 0 Å². The largest absolute Gasteiger partial charge is 0.494 e. The Bertz CT molecular complexity index is 1120. The van der Waals surface area contributed by atoms with E-state index in [-0.39, 0.29) is 29.3 Å². The lowest BCUT2D eigenvalue weighted by Gasteiger charge is -2.31. The predicted molar refractivity (Wildman–Crippen MR) is 120 cm³/mol. The van der Waals surface area contributed by atoms with Crippen molar-refractivity contribution in [2.24, 2.45) is 5.92 Å². The quantitative estimate of drug-likeness (QED) is 0.632. The van der Waals surface area contributed by atoms with Crippen molar-refractivity contribution >= 4 is 23.5 Å². The zero-order valence-corrected chi connectivity index (χ0v) is 18.7. The number of carbonyl (C=O) groups is 2. The molecule has 0 atom stereocenters. The topological polar surface area (TPSA) is 112 Å². The second-order valence-corrected chi connectivity index (χ2v) is 9.05. The van der Waals surface area contributed by atoms with Gasteiger partial charge in [0.15, 0.2) is 5.56 Å². The molecule has 2 aromatic rings. The van der Waals surface area contributed by atoms with Crippen LogP contribution in [0.4, 0.5) is 0 Å². The highest BCUT2D eigenvalue weighted by Crippen LogP contribution is 2.24. The monoisotopic (exact) mass is 442 g/mol. The minimum Gasteiger partial charge on any atom is -0.494 e. The van der Waals surface area contributed by atoms with Crippen molar-refractivity contribution in [1.82, 2.24) is 29.3 Å². The molecule has 0 spiro atoms. The van der Waals surface area contributed by atoms with Crippen LogP contribution in [0.5, 0.6) is 5.88 Å². The first-order valence-corrected chi connectivity index (χ1v) is 11.1. The first kappa shape index (κ1) is 22.1. The van der Waals surface area contributed by atoms with E-state index in [4.69, 9.17) is 0 Å². The molecule has 1 saturated carbocycles. The van der Waals surface area contributed by atoms with Gasteiger partial charge in [-0.15, -0.1) is 0 Å². The molecule has 0 radical (unpaired) electrons. The van der Waals surface area contributed by atoms with Gasteiger partial charge in [-0.1, -0.05) is 13.8 Å². The summed E-state index contributed by atoms with van der Waals surface area (Å²) < 4.78 is 2.66. The Morgan fingerprint density at radius 2 is 1.94 bits per heavy atom. The molecule has 4 rings (SSSR count). The van der Waals surface area contributed by atoms with Gasteiger partial charge in [-0.2, -0.15) is 9.61 Å². The Kier molecular flexibility index (Phi) is 6.05. The molecule has 0 unspecified atom stereocenters. The number of rotatable bonds is 6. The smallest absolute Gasteiger partial charge is 0.291 e. The normalized spacial score (nSPS) is 17.6. The standard InChI is InChI=1S/C22H30N6O4/c1-14(2)13-27-20-15(4-7-17(29)26-10-8-25(3)9-11-26)12-23-28(20)22(32)18(21(27)31)19(30)24-16-5-6-16/h4,7,12,14,16,31H,5-6,8-11,13H2,1-3H3,(H,24,30)/b7-4+. The molecule has 2 aliphatic rings. The van der Waals surface area contributed by atoms with Crippen LogP contribution in [0.2, 0.25) is 0 Å². The number of amides is 2. The van der Waals surface area contributed by atoms with Crippen molar-refractivity contribution in [1.29, 1.82) is 0 Å². The molecule has 2 aromatic heterocycles. The Morgan fingerprint density at radius 1 is 1.25 bits per heavy atom. The molecule has 2 amide bonds. The summed E-state index contributed by atoms with van der Waals surface area (Å²) in [5.41, 5.74) is -0.112. The van der Waals surface area contributed by atoms with E-state index < -0.39 is 11.5 Å². The number of hydrogen-bond acceptors (Lipinski definition) is 6. The van der Waals surface area contributed by atoms with Crippen LogP contribution in [0.1, 0.15) is 42.6 Å². The summed E-state index contributed by atoms with van der Waals surface area (Å²) in [4.78, 5) is 42.2. The lowest BCUT2D eigenvalue weighted by Crippen LogP contribution is -2.46. The summed E-state index contributed by atoms with van der Waals surface area (Å²) in [5, 5.41) is 17.9. The van der Waals surface area contributed by atoms with Gasteiger partial charge in [0.1, 0.15) is 5.65 Å². The van der Waals surface area contributed by atoms with Crippen molar-refractivity contribution in [3.8, 4) is 5.88 Å². The summed E-state index contributed by atoms with van der Waals surface area (Å²) in [6.45, 7) is 7.28. The summed E-state index contributed by atoms with van der Waals surface area (Å²) in [6.07, 6.45) is 6.29. The van der Waals surface area contributed by atoms with Crippen molar-refractivity contribution in [2.75, 3.05) is 33.2 Å². The molecule has 32 heavy (non-hydrogen) atoms. The number of fused-ring (bicyclic) bond motifs is 1. The van der Waals surface area contributed by atoms with E-state index in [0.717, 1.165) is 30.4 Å². The van der Waals surface area contributed by atoms with Crippen LogP contribution in [0.3, 0.4) is 0 Å². The van der Waals surface area contributed by atoms with Gasteiger partial charge in [0, 0.05) is 50.4 Å². The van der Waals surface area contributed by atoms with Gasteiger partial charge in [-0.3, -0.25) is 19.0 Å². The minimum atomic E-state index is -0.680. The maximum Gasteiger partial charge on any atom is 0.291 e. The lowest BCUT2D eigenvalue weighted by molar-refractivity contribution is -0.127. The van der Waals surface area contributed by atoms with E-state index in [2.05, 4.69) is 15.3 Å². The van der Waals surface area contributed by atoms with Gasteiger partial charge < -0.3 is 20.2 Å². The number of hydrogen-bond donors (Lipinski definition) is 2. The number of aromatic hydroxyl groups is 1. The van der Waals surface area contributed by atoms with E-state index >= 15 is 0 Å². The predicted octanol–water partition coefficient (Wildman–Crippen LogP) is 0.537. The highest BCUT2D eigenvalue weighted by Gasteiger charge is 2.30. The summed E-state index contributed by atoms with van der Waals surface area (Å²) in [6, 6.07) is 0.0484. The molecule has 2 N–H and O–H groups in total. The number of nitrogens with zero attached hydrogens (tertiary/aromatic N) is 5. The average molecular weight is 443 g/mol. The zero-order chi connectivity index (χ0) is 23.0. The van der Waals surface area contributed by atoms with Gasteiger partial charge in [0.2, 0.25) is 11.8 Å². The highest BCUT2D eigenvalue weighted by atomic mass is 16.3. The highest BCUT2D eigenvalue weighted by molar-refractivity contribution is 5.97. The molecule has 0 aromatic carbocycles. The summed E-state index contributed by atoms with van der Waals surface area (Å²) in [5.74, 6) is -0.952. The van der Waals surface area contributed by atoms with E-state index in [1.807, 2.05) is 20.9 Å². The van der Waals surface area contributed by atoms with Crippen LogP contribution < -0.4 is 10.9 Å².